The maximum atomic E-state index is 11.6. The molecule has 3 aromatic carbocycles. The van der Waals surface area contributed by atoms with Gasteiger partial charge in [-0.3, -0.25) is 4.55 Å². The summed E-state index contributed by atoms with van der Waals surface area (Å²) in [4.78, 5) is 11.1. The summed E-state index contributed by atoms with van der Waals surface area (Å²) in [6.45, 7) is 1.67. The van der Waals surface area contributed by atoms with Crippen LogP contribution in [0.25, 0.3) is 10.8 Å². The zero-order chi connectivity index (χ0) is 18.9. The number of benzene rings is 3. The van der Waals surface area contributed by atoms with Crippen LogP contribution < -0.4 is 0 Å². The number of nitrogens with zero attached hydrogens (tertiary/aromatic N) is 2. The lowest BCUT2D eigenvalue weighted by atomic mass is 10.0. The molecule has 0 bridgehead atoms. The van der Waals surface area contributed by atoms with E-state index in [1.807, 2.05) is 0 Å². The summed E-state index contributed by atoms with van der Waals surface area (Å²) < 4.78 is 32.5. The lowest BCUT2D eigenvalue weighted by molar-refractivity contribution is 0.0698. The molecule has 0 heterocycles. The van der Waals surface area contributed by atoms with Crippen LogP contribution >= 0.6 is 0 Å². The molecule has 0 aliphatic carbocycles. The fourth-order valence-electron chi connectivity index (χ4n) is 2.55. The lowest BCUT2D eigenvalue weighted by Gasteiger charge is -2.06. The van der Waals surface area contributed by atoms with Gasteiger partial charge in [-0.1, -0.05) is 36.4 Å². The first-order valence-corrected chi connectivity index (χ1v) is 8.96. The Bertz CT molecular complexity index is 1150. The minimum Gasteiger partial charge on any atom is -0.478 e. The second-order valence-corrected chi connectivity index (χ2v) is 7.02. The van der Waals surface area contributed by atoms with Gasteiger partial charge in [0.1, 0.15) is 16.3 Å². The third-order valence-electron chi connectivity index (χ3n) is 3.78. The topological polar surface area (TPSA) is 116 Å². The van der Waals surface area contributed by atoms with Gasteiger partial charge in [0.2, 0.25) is 0 Å². The number of carboxylic acid groups (broad SMARTS) is 1. The van der Waals surface area contributed by atoms with E-state index in [9.17, 15) is 22.9 Å². The van der Waals surface area contributed by atoms with E-state index in [0.717, 1.165) is 5.39 Å². The average molecular weight is 370 g/mol. The van der Waals surface area contributed by atoms with Crippen LogP contribution in [0.2, 0.25) is 0 Å². The quantitative estimate of drug-likeness (QED) is 0.518. The minimum atomic E-state index is -4.50. The van der Waals surface area contributed by atoms with Crippen molar-refractivity contribution in [1.29, 1.82) is 0 Å². The van der Waals surface area contributed by atoms with Crippen LogP contribution in [0.1, 0.15) is 15.9 Å². The second-order valence-electron chi connectivity index (χ2n) is 5.63. The Hall–Kier alpha value is -3.10. The Kier molecular flexibility index (Phi) is 4.54. The molecule has 7 nitrogen and oxygen atoms in total. The van der Waals surface area contributed by atoms with Crippen molar-refractivity contribution in [3.05, 3.63) is 65.7 Å². The highest BCUT2D eigenvalue weighted by Gasteiger charge is 2.17. The van der Waals surface area contributed by atoms with Crippen molar-refractivity contribution >= 4 is 38.2 Å². The summed E-state index contributed by atoms with van der Waals surface area (Å²) in [5, 5.41) is 18.6. The highest BCUT2D eigenvalue weighted by atomic mass is 32.2. The molecule has 26 heavy (non-hydrogen) atoms. The monoisotopic (exact) mass is 370 g/mol. The Morgan fingerprint density at radius 3 is 2.42 bits per heavy atom. The number of fused-ring (bicyclic) bond motifs is 1. The van der Waals surface area contributed by atoms with Crippen LogP contribution in [0.4, 0.5) is 11.4 Å². The van der Waals surface area contributed by atoms with E-state index in [0.29, 0.717) is 10.9 Å². The number of carboxylic acids is 1. The van der Waals surface area contributed by atoms with Gasteiger partial charge in [-0.05, 0) is 36.1 Å². The first kappa shape index (κ1) is 17.7. The molecule has 0 radical (unpaired) electrons. The van der Waals surface area contributed by atoms with Crippen LogP contribution in [0.3, 0.4) is 0 Å². The highest BCUT2D eigenvalue weighted by Crippen LogP contribution is 2.33. The molecule has 0 saturated heterocycles. The van der Waals surface area contributed by atoms with E-state index in [-0.39, 0.29) is 16.9 Å². The zero-order valence-electron chi connectivity index (χ0n) is 13.6. The number of carbonyl (C=O) groups is 1. The molecule has 3 aromatic rings. The van der Waals surface area contributed by atoms with Crippen molar-refractivity contribution in [2.45, 2.75) is 11.8 Å². The molecule has 0 spiro atoms. The number of hydrogen-bond acceptors (Lipinski definition) is 5. The maximum absolute atomic E-state index is 11.6. The molecule has 3 rings (SSSR count). The third-order valence-corrected chi connectivity index (χ3v) is 4.66. The Labute approximate surface area is 149 Å². The van der Waals surface area contributed by atoms with Crippen LogP contribution in [-0.2, 0) is 10.1 Å². The van der Waals surface area contributed by atoms with Crippen LogP contribution in [-0.4, -0.2) is 24.0 Å². The molecule has 132 valence electrons. The van der Waals surface area contributed by atoms with Gasteiger partial charge < -0.3 is 5.11 Å². The molecule has 8 heteroatoms. The van der Waals surface area contributed by atoms with E-state index in [4.69, 9.17) is 0 Å². The van der Waals surface area contributed by atoms with Crippen LogP contribution in [0.5, 0.6) is 0 Å². The summed E-state index contributed by atoms with van der Waals surface area (Å²) >= 11 is 0. The number of hydrogen-bond donors (Lipinski definition) is 2. The number of aromatic carboxylic acids is 1. The van der Waals surface area contributed by atoms with E-state index in [1.54, 1.807) is 43.3 Å². The third kappa shape index (κ3) is 3.46. The van der Waals surface area contributed by atoms with Gasteiger partial charge in [0.05, 0.1) is 5.56 Å². The SMILES string of the molecule is Cc1ccc(/N=N/c2c(C(=O)O)ccc3ccccc23)c(S(=O)(=O)O)c1. The Morgan fingerprint density at radius 1 is 1.00 bits per heavy atom. The van der Waals surface area contributed by atoms with E-state index < -0.39 is 21.0 Å². The van der Waals surface area contributed by atoms with Crippen molar-refractivity contribution in [1.82, 2.24) is 0 Å². The molecule has 0 aliphatic heterocycles. The summed E-state index contributed by atoms with van der Waals surface area (Å²) in [7, 11) is -4.50. The van der Waals surface area contributed by atoms with E-state index in [2.05, 4.69) is 10.2 Å². The van der Waals surface area contributed by atoms with Crippen molar-refractivity contribution in [2.24, 2.45) is 10.2 Å². The molecule has 0 saturated carbocycles. The smallest absolute Gasteiger partial charge is 0.337 e. The van der Waals surface area contributed by atoms with Crippen LogP contribution in [0, 0.1) is 6.92 Å². The first-order valence-electron chi connectivity index (χ1n) is 7.52. The molecule has 0 atom stereocenters. The molecule has 0 fully saturated rings. The molecule has 0 unspecified atom stereocenters. The Balaban J connectivity index is 2.22. The fraction of sp³-hybridized carbons (Fsp3) is 0.0556. The largest absolute Gasteiger partial charge is 0.478 e. The van der Waals surface area contributed by atoms with Gasteiger partial charge in [-0.15, -0.1) is 10.2 Å². The Morgan fingerprint density at radius 2 is 1.73 bits per heavy atom. The average Bonchev–Trinajstić information content (AvgIpc) is 2.59. The van der Waals surface area contributed by atoms with Crippen LogP contribution in [0.15, 0.2) is 69.7 Å². The van der Waals surface area contributed by atoms with Gasteiger partial charge in [0, 0.05) is 5.39 Å². The minimum absolute atomic E-state index is 0.0621. The van der Waals surface area contributed by atoms with E-state index >= 15 is 0 Å². The normalized spacial score (nSPS) is 11.9. The van der Waals surface area contributed by atoms with E-state index in [1.165, 1.54) is 18.2 Å². The fourth-order valence-corrected chi connectivity index (χ4v) is 3.26. The van der Waals surface area contributed by atoms with Gasteiger partial charge in [0.15, 0.2) is 0 Å². The van der Waals surface area contributed by atoms with Crippen molar-refractivity contribution in [3.63, 3.8) is 0 Å². The van der Waals surface area contributed by atoms with Gasteiger partial charge in [-0.2, -0.15) is 8.42 Å². The predicted octanol–water partition coefficient (Wildman–Crippen LogP) is 4.51. The molecule has 0 aromatic heterocycles. The maximum Gasteiger partial charge on any atom is 0.337 e. The lowest BCUT2D eigenvalue weighted by Crippen LogP contribution is -1.99. The van der Waals surface area contributed by atoms with Gasteiger partial charge >= 0.3 is 5.97 Å². The summed E-state index contributed by atoms with van der Waals surface area (Å²) in [5.74, 6) is -1.18. The zero-order valence-corrected chi connectivity index (χ0v) is 14.4. The van der Waals surface area contributed by atoms with Gasteiger partial charge in [-0.25, -0.2) is 4.79 Å². The summed E-state index contributed by atoms with van der Waals surface area (Å²) in [6, 6.07) is 14.4. The number of rotatable bonds is 4. The second kappa shape index (κ2) is 6.66. The first-order chi connectivity index (χ1) is 12.3. The molecule has 0 aliphatic rings. The van der Waals surface area contributed by atoms with Crippen molar-refractivity contribution in [2.75, 3.05) is 0 Å². The predicted molar refractivity (Wildman–Crippen MR) is 96.1 cm³/mol. The molecule has 2 N–H and O–H groups in total. The molecular weight excluding hydrogens is 356 g/mol. The highest BCUT2D eigenvalue weighted by molar-refractivity contribution is 7.86. The van der Waals surface area contributed by atoms with Gasteiger partial charge in [0.25, 0.3) is 10.1 Å². The van der Waals surface area contributed by atoms with Crippen molar-refractivity contribution in [3.8, 4) is 0 Å². The van der Waals surface area contributed by atoms with Crippen molar-refractivity contribution < 1.29 is 22.9 Å². The summed E-state index contributed by atoms with van der Waals surface area (Å²) in [5.41, 5.74) is 0.584. The summed E-state index contributed by atoms with van der Waals surface area (Å²) in [6.07, 6.45) is 0. The molecule has 0 amide bonds. The molecular formula is C18H14N2O5S. The number of aryl methyl sites for hydroxylation is 1. The standard InChI is InChI=1S/C18H14N2O5S/c1-11-6-9-15(16(10-11)26(23,24)25)19-20-17-13-5-3-2-4-12(13)7-8-14(17)18(21)22/h2-10H,1H3,(H,21,22)(H,23,24,25)/b20-19+. The number of azo groups is 1.